The molecule has 0 spiro atoms. The zero-order valence-electron chi connectivity index (χ0n) is 9.47. The van der Waals surface area contributed by atoms with Crippen LogP contribution in [-0.2, 0) is 15.7 Å². The molecule has 0 aliphatic carbocycles. The van der Waals surface area contributed by atoms with Crippen LogP contribution < -0.4 is 4.90 Å². The van der Waals surface area contributed by atoms with Crippen molar-refractivity contribution < 1.29 is 8.42 Å². The molecule has 0 bridgehead atoms. The monoisotopic (exact) mass is 274 g/mol. The standard InChI is InChI=1S/C11H15ClN2O2S/c12-9-10-8-11(2-3-13-10)14-4-1-6-17(15,16)7-5-14/h2-3,8H,1,4-7,9H2. The molecule has 1 aromatic heterocycles. The molecular weight excluding hydrogens is 260 g/mol. The summed E-state index contributed by atoms with van der Waals surface area (Å²) >= 11 is 5.74. The first-order chi connectivity index (χ1) is 8.11. The quantitative estimate of drug-likeness (QED) is 0.766. The summed E-state index contributed by atoms with van der Waals surface area (Å²) in [4.78, 5) is 6.21. The van der Waals surface area contributed by atoms with E-state index in [9.17, 15) is 8.42 Å². The normalized spacial score (nSPS) is 19.9. The number of nitrogens with zero attached hydrogens (tertiary/aromatic N) is 2. The SMILES string of the molecule is O=S1(=O)CCCN(c2ccnc(CCl)c2)CC1. The Bertz CT molecular complexity index is 490. The molecule has 1 fully saturated rings. The van der Waals surface area contributed by atoms with Gasteiger partial charge in [-0.05, 0) is 18.6 Å². The van der Waals surface area contributed by atoms with Crippen molar-refractivity contribution in [2.45, 2.75) is 12.3 Å². The predicted molar refractivity (Wildman–Crippen MR) is 69.3 cm³/mol. The van der Waals surface area contributed by atoms with E-state index in [0.29, 0.717) is 18.8 Å². The van der Waals surface area contributed by atoms with Crippen LogP contribution in [0.25, 0.3) is 0 Å². The molecule has 0 unspecified atom stereocenters. The highest BCUT2D eigenvalue weighted by atomic mass is 35.5. The second-order valence-corrected chi connectivity index (χ2v) is 6.70. The highest BCUT2D eigenvalue weighted by Crippen LogP contribution is 2.18. The number of alkyl halides is 1. The van der Waals surface area contributed by atoms with Gasteiger partial charge < -0.3 is 4.90 Å². The molecule has 1 aliphatic rings. The maximum atomic E-state index is 11.5. The second-order valence-electron chi connectivity index (χ2n) is 4.13. The molecular formula is C11H15ClN2O2S. The Morgan fingerprint density at radius 3 is 2.94 bits per heavy atom. The van der Waals surface area contributed by atoms with Gasteiger partial charge in [0.1, 0.15) is 0 Å². The van der Waals surface area contributed by atoms with Crippen LogP contribution in [0.5, 0.6) is 0 Å². The number of hydrogen-bond acceptors (Lipinski definition) is 4. The van der Waals surface area contributed by atoms with Crippen molar-refractivity contribution >= 4 is 27.1 Å². The van der Waals surface area contributed by atoms with E-state index in [0.717, 1.165) is 17.9 Å². The third-order valence-corrected chi connectivity index (χ3v) is 4.85. The minimum atomic E-state index is -2.86. The van der Waals surface area contributed by atoms with E-state index in [4.69, 9.17) is 11.6 Å². The Morgan fingerprint density at radius 1 is 1.35 bits per heavy atom. The number of hydrogen-bond donors (Lipinski definition) is 0. The van der Waals surface area contributed by atoms with E-state index < -0.39 is 9.84 Å². The number of rotatable bonds is 2. The lowest BCUT2D eigenvalue weighted by Gasteiger charge is -2.22. The fraction of sp³-hybridized carbons (Fsp3) is 0.545. The minimum Gasteiger partial charge on any atom is -0.370 e. The van der Waals surface area contributed by atoms with Gasteiger partial charge in [0.05, 0.1) is 23.1 Å². The van der Waals surface area contributed by atoms with Crippen LogP contribution in [0.1, 0.15) is 12.1 Å². The van der Waals surface area contributed by atoms with Gasteiger partial charge >= 0.3 is 0 Å². The van der Waals surface area contributed by atoms with E-state index >= 15 is 0 Å². The van der Waals surface area contributed by atoms with Gasteiger partial charge in [-0.1, -0.05) is 0 Å². The Kier molecular flexibility index (Phi) is 3.89. The fourth-order valence-corrected chi connectivity index (χ4v) is 3.35. The first kappa shape index (κ1) is 12.6. The highest BCUT2D eigenvalue weighted by molar-refractivity contribution is 7.91. The van der Waals surface area contributed by atoms with Gasteiger partial charge in [0, 0.05) is 25.0 Å². The van der Waals surface area contributed by atoms with Crippen LogP contribution in [0.15, 0.2) is 18.3 Å². The van der Waals surface area contributed by atoms with Gasteiger partial charge in [-0.2, -0.15) is 0 Å². The molecule has 1 aromatic rings. The molecule has 2 heterocycles. The molecule has 94 valence electrons. The lowest BCUT2D eigenvalue weighted by molar-refractivity contribution is 0.597. The molecule has 2 rings (SSSR count). The zero-order chi connectivity index (χ0) is 12.3. The van der Waals surface area contributed by atoms with E-state index in [1.807, 2.05) is 12.1 Å². The molecule has 1 aliphatic heterocycles. The molecule has 0 N–H and O–H groups in total. The Hall–Kier alpha value is -0.810. The molecule has 0 atom stereocenters. The van der Waals surface area contributed by atoms with E-state index in [1.165, 1.54) is 0 Å². The first-order valence-electron chi connectivity index (χ1n) is 5.57. The maximum Gasteiger partial charge on any atom is 0.152 e. The predicted octanol–water partition coefficient (Wildman–Crippen LogP) is 1.45. The van der Waals surface area contributed by atoms with Crippen molar-refractivity contribution in [2.75, 3.05) is 29.5 Å². The highest BCUT2D eigenvalue weighted by Gasteiger charge is 2.19. The lowest BCUT2D eigenvalue weighted by atomic mass is 10.3. The van der Waals surface area contributed by atoms with E-state index in [-0.39, 0.29) is 11.5 Å². The smallest absolute Gasteiger partial charge is 0.152 e. The van der Waals surface area contributed by atoms with Crippen LogP contribution in [0.2, 0.25) is 0 Å². The van der Waals surface area contributed by atoms with Crippen LogP contribution >= 0.6 is 11.6 Å². The Morgan fingerprint density at radius 2 is 2.18 bits per heavy atom. The van der Waals surface area contributed by atoms with E-state index in [2.05, 4.69) is 9.88 Å². The fourth-order valence-electron chi connectivity index (χ4n) is 1.93. The lowest BCUT2D eigenvalue weighted by Crippen LogP contribution is -2.26. The summed E-state index contributed by atoms with van der Waals surface area (Å²) in [7, 11) is -2.86. The summed E-state index contributed by atoms with van der Waals surface area (Å²) in [5.74, 6) is 0.891. The second kappa shape index (κ2) is 5.23. The van der Waals surface area contributed by atoms with Gasteiger partial charge in [-0.3, -0.25) is 4.98 Å². The number of anilines is 1. The van der Waals surface area contributed by atoms with Gasteiger partial charge in [-0.15, -0.1) is 11.6 Å². The van der Waals surface area contributed by atoms with Crippen LogP contribution in [0.3, 0.4) is 0 Å². The van der Waals surface area contributed by atoms with Crippen LogP contribution in [0, 0.1) is 0 Å². The van der Waals surface area contributed by atoms with Crippen LogP contribution in [0.4, 0.5) is 5.69 Å². The molecule has 0 radical (unpaired) electrons. The minimum absolute atomic E-state index is 0.228. The number of aromatic nitrogens is 1. The average molecular weight is 275 g/mol. The Labute approximate surface area is 107 Å². The number of halogens is 1. The summed E-state index contributed by atoms with van der Waals surface area (Å²) < 4.78 is 23.0. The molecule has 1 saturated heterocycles. The molecule has 0 amide bonds. The molecule has 0 aromatic carbocycles. The van der Waals surface area contributed by atoms with Crippen molar-refractivity contribution in [1.29, 1.82) is 0 Å². The van der Waals surface area contributed by atoms with Gasteiger partial charge in [0.25, 0.3) is 0 Å². The Balaban J connectivity index is 2.16. The average Bonchev–Trinajstić information content (AvgIpc) is 2.50. The third kappa shape index (κ3) is 3.33. The molecule has 6 heteroatoms. The van der Waals surface area contributed by atoms with Gasteiger partial charge in [0.2, 0.25) is 0 Å². The molecule has 4 nitrogen and oxygen atoms in total. The number of pyridine rings is 1. The topological polar surface area (TPSA) is 50.3 Å². The number of sulfone groups is 1. The summed E-state index contributed by atoms with van der Waals surface area (Å²) in [6.07, 6.45) is 2.40. The zero-order valence-corrected chi connectivity index (χ0v) is 11.0. The van der Waals surface area contributed by atoms with Crippen LogP contribution in [-0.4, -0.2) is 38.0 Å². The van der Waals surface area contributed by atoms with Gasteiger partial charge in [0.15, 0.2) is 9.84 Å². The summed E-state index contributed by atoms with van der Waals surface area (Å²) in [5, 5.41) is 0. The van der Waals surface area contributed by atoms with Crippen molar-refractivity contribution in [3.8, 4) is 0 Å². The summed E-state index contributed by atoms with van der Waals surface area (Å²) in [6.45, 7) is 1.32. The third-order valence-electron chi connectivity index (χ3n) is 2.86. The van der Waals surface area contributed by atoms with Crippen molar-refractivity contribution in [2.24, 2.45) is 0 Å². The largest absolute Gasteiger partial charge is 0.370 e. The first-order valence-corrected chi connectivity index (χ1v) is 7.92. The molecule has 0 saturated carbocycles. The maximum absolute atomic E-state index is 11.5. The van der Waals surface area contributed by atoms with Crippen molar-refractivity contribution in [3.63, 3.8) is 0 Å². The summed E-state index contributed by atoms with van der Waals surface area (Å²) in [6, 6.07) is 3.82. The molecule has 17 heavy (non-hydrogen) atoms. The van der Waals surface area contributed by atoms with Crippen molar-refractivity contribution in [3.05, 3.63) is 24.0 Å². The van der Waals surface area contributed by atoms with E-state index in [1.54, 1.807) is 6.20 Å². The van der Waals surface area contributed by atoms with Crippen molar-refractivity contribution in [1.82, 2.24) is 4.98 Å². The summed E-state index contributed by atoms with van der Waals surface area (Å²) in [5.41, 5.74) is 1.82. The van der Waals surface area contributed by atoms with Gasteiger partial charge in [-0.25, -0.2) is 8.42 Å².